The lowest BCUT2D eigenvalue weighted by Gasteiger charge is -2.06. The topological polar surface area (TPSA) is 54.9 Å². The van der Waals surface area contributed by atoms with Crippen LogP contribution in [-0.4, -0.2) is 38.7 Å². The molecule has 5 nitrogen and oxygen atoms in total. The zero-order valence-corrected chi connectivity index (χ0v) is 13.9. The van der Waals surface area contributed by atoms with E-state index in [0.717, 1.165) is 28.8 Å². The van der Waals surface area contributed by atoms with Crippen molar-refractivity contribution in [2.75, 3.05) is 27.4 Å². The van der Waals surface area contributed by atoms with Crippen LogP contribution in [-0.2, 0) is 4.74 Å². The Morgan fingerprint density at radius 3 is 2.90 bits per heavy atom. The van der Waals surface area contributed by atoms with Crippen LogP contribution in [0, 0.1) is 0 Å². The van der Waals surface area contributed by atoms with Gasteiger partial charge in [0.25, 0.3) is 0 Å². The summed E-state index contributed by atoms with van der Waals surface area (Å²) in [6, 6.07) is 5.69. The van der Waals surface area contributed by atoms with Crippen molar-refractivity contribution in [1.29, 1.82) is 0 Å². The summed E-state index contributed by atoms with van der Waals surface area (Å²) >= 11 is 8.50. The van der Waals surface area contributed by atoms with Gasteiger partial charge in [-0.15, -0.1) is 0 Å². The Hall–Kier alpha value is -1.18. The van der Waals surface area contributed by atoms with Gasteiger partial charge < -0.3 is 14.8 Å². The van der Waals surface area contributed by atoms with Crippen LogP contribution in [0.25, 0.3) is 0 Å². The van der Waals surface area contributed by atoms with Crippen molar-refractivity contribution >= 4 is 39.5 Å². The van der Waals surface area contributed by atoms with E-state index in [9.17, 15) is 0 Å². The lowest BCUT2D eigenvalue weighted by molar-refractivity contribution is 0.195. The summed E-state index contributed by atoms with van der Waals surface area (Å²) in [5.41, 5.74) is 3.70. The highest BCUT2D eigenvalue weighted by atomic mass is 79.9. The molecule has 0 saturated carbocycles. The minimum absolute atomic E-state index is 0.491. The highest BCUT2D eigenvalue weighted by Gasteiger charge is 1.99. The van der Waals surface area contributed by atoms with E-state index < -0.39 is 0 Å². The fourth-order valence-electron chi connectivity index (χ4n) is 1.39. The second-order valence-electron chi connectivity index (χ2n) is 3.87. The van der Waals surface area contributed by atoms with Crippen molar-refractivity contribution in [3.05, 3.63) is 28.2 Å². The minimum atomic E-state index is 0.491. The number of thiocarbonyl (C=S) groups is 1. The van der Waals surface area contributed by atoms with Gasteiger partial charge in [0.2, 0.25) is 0 Å². The predicted octanol–water partition coefficient (Wildman–Crippen LogP) is 2.29. The SMILES string of the molecule is COCCCNC(=S)N/N=C/c1ccc(OC)c(Br)c1. The Morgan fingerprint density at radius 1 is 1.45 bits per heavy atom. The number of nitrogens with zero attached hydrogens (tertiary/aromatic N) is 1. The number of nitrogens with one attached hydrogen (secondary N) is 2. The Kier molecular flexibility index (Phi) is 8.17. The fourth-order valence-corrected chi connectivity index (χ4v) is 2.10. The largest absolute Gasteiger partial charge is 0.496 e. The van der Waals surface area contributed by atoms with E-state index in [1.165, 1.54) is 0 Å². The molecular weight excluding hydrogens is 342 g/mol. The predicted molar refractivity (Wildman–Crippen MR) is 88.5 cm³/mol. The van der Waals surface area contributed by atoms with Crippen molar-refractivity contribution in [3.63, 3.8) is 0 Å². The van der Waals surface area contributed by atoms with Crippen LogP contribution in [0.15, 0.2) is 27.8 Å². The number of ether oxygens (including phenoxy) is 2. The molecule has 0 spiro atoms. The molecule has 110 valence electrons. The molecule has 0 amide bonds. The molecule has 0 aromatic heterocycles. The highest BCUT2D eigenvalue weighted by Crippen LogP contribution is 2.24. The van der Waals surface area contributed by atoms with Gasteiger partial charge in [0, 0.05) is 20.3 Å². The summed E-state index contributed by atoms with van der Waals surface area (Å²) in [4.78, 5) is 0. The quantitative estimate of drug-likeness (QED) is 0.338. The number of hydrogen-bond donors (Lipinski definition) is 2. The van der Waals surface area contributed by atoms with Crippen LogP contribution in [0.1, 0.15) is 12.0 Å². The van der Waals surface area contributed by atoms with Gasteiger partial charge in [0.15, 0.2) is 5.11 Å². The summed E-state index contributed by atoms with van der Waals surface area (Å²) < 4.78 is 11.0. The van der Waals surface area contributed by atoms with Crippen molar-refractivity contribution < 1.29 is 9.47 Å². The third-order valence-electron chi connectivity index (χ3n) is 2.37. The third-order valence-corrected chi connectivity index (χ3v) is 3.22. The van der Waals surface area contributed by atoms with Crippen LogP contribution in [0.2, 0.25) is 0 Å². The summed E-state index contributed by atoms with van der Waals surface area (Å²) in [6.07, 6.45) is 2.58. The van der Waals surface area contributed by atoms with Gasteiger partial charge in [-0.3, -0.25) is 5.43 Å². The maximum absolute atomic E-state index is 5.16. The van der Waals surface area contributed by atoms with E-state index in [-0.39, 0.29) is 0 Å². The van der Waals surface area contributed by atoms with Crippen molar-refractivity contribution in [2.24, 2.45) is 5.10 Å². The van der Waals surface area contributed by atoms with Crippen LogP contribution < -0.4 is 15.5 Å². The second kappa shape index (κ2) is 9.68. The van der Waals surface area contributed by atoms with E-state index in [4.69, 9.17) is 21.7 Å². The van der Waals surface area contributed by atoms with Gasteiger partial charge in [-0.25, -0.2) is 0 Å². The molecule has 2 N–H and O–H groups in total. The normalized spacial score (nSPS) is 10.6. The number of hydrazone groups is 1. The first-order valence-electron chi connectivity index (χ1n) is 6.06. The number of benzene rings is 1. The summed E-state index contributed by atoms with van der Waals surface area (Å²) in [7, 11) is 3.30. The number of methoxy groups -OCH3 is 2. The second-order valence-corrected chi connectivity index (χ2v) is 5.13. The standard InChI is InChI=1S/C13H18BrN3O2S/c1-18-7-3-6-15-13(20)17-16-9-10-4-5-12(19-2)11(14)8-10/h4-5,8-9H,3,6-7H2,1-2H3,(H2,15,17,20)/b16-9+. The molecule has 1 aromatic carbocycles. The Labute approximate surface area is 132 Å². The Bertz CT molecular complexity index is 469. The van der Waals surface area contributed by atoms with E-state index in [0.29, 0.717) is 11.7 Å². The van der Waals surface area contributed by atoms with Crippen molar-refractivity contribution in [3.8, 4) is 5.75 Å². The zero-order valence-electron chi connectivity index (χ0n) is 11.5. The third kappa shape index (κ3) is 6.31. The monoisotopic (exact) mass is 359 g/mol. The maximum atomic E-state index is 5.16. The molecule has 1 rings (SSSR count). The average Bonchev–Trinajstić information content (AvgIpc) is 2.44. The molecule has 0 aliphatic rings. The average molecular weight is 360 g/mol. The highest BCUT2D eigenvalue weighted by molar-refractivity contribution is 9.10. The van der Waals surface area contributed by atoms with E-state index in [1.54, 1.807) is 20.4 Å². The molecule has 0 atom stereocenters. The van der Waals surface area contributed by atoms with Gasteiger partial charge in [-0.1, -0.05) is 0 Å². The van der Waals surface area contributed by atoms with Crippen LogP contribution in [0.3, 0.4) is 0 Å². The fraction of sp³-hybridized carbons (Fsp3) is 0.385. The first-order chi connectivity index (χ1) is 9.67. The van der Waals surface area contributed by atoms with Crippen molar-refractivity contribution in [2.45, 2.75) is 6.42 Å². The van der Waals surface area contributed by atoms with Gasteiger partial charge in [0.1, 0.15) is 5.75 Å². The molecule has 0 saturated heterocycles. The lowest BCUT2D eigenvalue weighted by Crippen LogP contribution is -2.33. The van der Waals surface area contributed by atoms with Gasteiger partial charge in [-0.05, 0) is 58.3 Å². The summed E-state index contributed by atoms with van der Waals surface area (Å²) in [5, 5.41) is 7.59. The summed E-state index contributed by atoms with van der Waals surface area (Å²) in [5.74, 6) is 0.783. The maximum Gasteiger partial charge on any atom is 0.186 e. The Morgan fingerprint density at radius 2 is 2.25 bits per heavy atom. The van der Waals surface area contributed by atoms with Crippen LogP contribution in [0.4, 0.5) is 0 Å². The van der Waals surface area contributed by atoms with Crippen LogP contribution in [0.5, 0.6) is 5.75 Å². The first kappa shape index (κ1) is 16.9. The minimum Gasteiger partial charge on any atom is -0.496 e. The molecule has 7 heteroatoms. The molecule has 1 aromatic rings. The molecule has 0 aliphatic carbocycles. The zero-order chi connectivity index (χ0) is 14.8. The smallest absolute Gasteiger partial charge is 0.186 e. The first-order valence-corrected chi connectivity index (χ1v) is 7.27. The molecule has 0 fully saturated rings. The molecular formula is C13H18BrN3O2S. The number of hydrogen-bond acceptors (Lipinski definition) is 4. The Balaban J connectivity index is 2.37. The molecule has 20 heavy (non-hydrogen) atoms. The summed E-state index contributed by atoms with van der Waals surface area (Å²) in [6.45, 7) is 1.46. The van der Waals surface area contributed by atoms with Crippen molar-refractivity contribution in [1.82, 2.24) is 10.7 Å². The van der Waals surface area contributed by atoms with Gasteiger partial charge in [-0.2, -0.15) is 5.10 Å². The van der Waals surface area contributed by atoms with E-state index in [2.05, 4.69) is 31.8 Å². The van der Waals surface area contributed by atoms with Gasteiger partial charge >= 0.3 is 0 Å². The molecule has 0 unspecified atom stereocenters. The van der Waals surface area contributed by atoms with Gasteiger partial charge in [0.05, 0.1) is 17.8 Å². The van der Waals surface area contributed by atoms with Crippen LogP contribution >= 0.6 is 28.1 Å². The molecule has 0 heterocycles. The molecule has 0 radical (unpaired) electrons. The van der Waals surface area contributed by atoms with E-state index in [1.807, 2.05) is 18.2 Å². The molecule has 0 aliphatic heterocycles. The number of rotatable bonds is 7. The lowest BCUT2D eigenvalue weighted by atomic mass is 10.2. The number of halogens is 1. The molecule has 0 bridgehead atoms. The van der Waals surface area contributed by atoms with E-state index >= 15 is 0 Å².